The highest BCUT2D eigenvalue weighted by atomic mass is 79.9. The summed E-state index contributed by atoms with van der Waals surface area (Å²) in [4.78, 5) is 17.1. The molecular weight excluding hydrogens is 366 g/mol. The van der Waals surface area contributed by atoms with Gasteiger partial charge in [0.15, 0.2) is 0 Å². The predicted molar refractivity (Wildman–Crippen MR) is 79.2 cm³/mol. The van der Waals surface area contributed by atoms with Gasteiger partial charge in [-0.3, -0.25) is 9.36 Å². The Bertz CT molecular complexity index is 841. The topological polar surface area (TPSA) is 34.9 Å². The van der Waals surface area contributed by atoms with Gasteiger partial charge in [-0.25, -0.2) is 13.8 Å². The lowest BCUT2D eigenvalue weighted by atomic mass is 9.65. The Balaban J connectivity index is 1.99. The highest BCUT2D eigenvalue weighted by molar-refractivity contribution is 9.10. The largest absolute Gasteiger partial charge is 0.296 e. The first kappa shape index (κ1) is 13.6. The Morgan fingerprint density at radius 1 is 1.33 bits per heavy atom. The van der Waals surface area contributed by atoms with E-state index in [2.05, 4.69) is 20.9 Å². The van der Waals surface area contributed by atoms with Crippen molar-refractivity contribution in [3.05, 3.63) is 37.8 Å². The number of nitrogens with zero attached hydrogens (tertiary/aromatic N) is 2. The molecule has 0 atom stereocenters. The molecule has 21 heavy (non-hydrogen) atoms. The lowest BCUT2D eigenvalue weighted by molar-refractivity contribution is -0.127. The van der Waals surface area contributed by atoms with Crippen LogP contribution in [0.3, 0.4) is 0 Å². The molecule has 1 aliphatic heterocycles. The molecule has 1 saturated carbocycles. The summed E-state index contributed by atoms with van der Waals surface area (Å²) in [5.41, 5.74) is -0.354. The first-order valence-electron chi connectivity index (χ1n) is 6.59. The molecule has 110 valence electrons. The van der Waals surface area contributed by atoms with E-state index in [9.17, 15) is 13.6 Å². The van der Waals surface area contributed by atoms with E-state index >= 15 is 0 Å². The summed E-state index contributed by atoms with van der Waals surface area (Å²) in [6.45, 7) is 0.442. The molecular formula is C14H10BrClF2N2O. The van der Waals surface area contributed by atoms with Crippen molar-refractivity contribution in [3.63, 3.8) is 0 Å². The summed E-state index contributed by atoms with van der Waals surface area (Å²) in [5, 5.41) is 0.859. The highest BCUT2D eigenvalue weighted by Gasteiger charge is 2.61. The molecule has 2 heterocycles. The second-order valence-electron chi connectivity index (χ2n) is 5.92. The Hall–Kier alpha value is -1.01. The lowest BCUT2D eigenvalue weighted by Crippen LogP contribution is -2.49. The van der Waals surface area contributed by atoms with Gasteiger partial charge in [0.05, 0.1) is 10.9 Å². The molecule has 1 aromatic heterocycles. The maximum absolute atomic E-state index is 13.3. The van der Waals surface area contributed by atoms with Crippen LogP contribution in [-0.2, 0) is 12.0 Å². The van der Waals surface area contributed by atoms with Gasteiger partial charge in [0.2, 0.25) is 5.92 Å². The number of hydrogen-bond donors (Lipinski definition) is 0. The Labute approximate surface area is 132 Å². The quantitative estimate of drug-likeness (QED) is 0.700. The van der Waals surface area contributed by atoms with Crippen LogP contribution < -0.4 is 5.56 Å². The van der Waals surface area contributed by atoms with Crippen LogP contribution in [0.5, 0.6) is 0 Å². The smallest absolute Gasteiger partial charge is 0.261 e. The predicted octanol–water partition coefficient (Wildman–Crippen LogP) is 3.88. The van der Waals surface area contributed by atoms with Gasteiger partial charge in [-0.15, -0.1) is 0 Å². The molecule has 7 heteroatoms. The molecule has 1 aromatic carbocycles. The molecule has 0 amide bonds. The number of halogens is 4. The fraction of sp³-hybridized carbons (Fsp3) is 0.429. The summed E-state index contributed by atoms with van der Waals surface area (Å²) in [5.74, 6) is -2.15. The van der Waals surface area contributed by atoms with Crippen molar-refractivity contribution < 1.29 is 8.78 Å². The average Bonchev–Trinajstić information content (AvgIpc) is 2.69. The fourth-order valence-electron chi connectivity index (χ4n) is 3.57. The molecule has 3 nitrogen and oxygen atoms in total. The maximum atomic E-state index is 13.3. The van der Waals surface area contributed by atoms with Crippen molar-refractivity contribution in [1.82, 2.24) is 9.55 Å². The van der Waals surface area contributed by atoms with Gasteiger partial charge in [-0.2, -0.15) is 0 Å². The normalized spacial score (nSPS) is 21.5. The standard InChI is InChI=1S/C14H10BrClF2N2O/c15-9-4-7(16)3-8-10(9)19-12-13(5-14(17,18)6-13)1-2-20(12)11(8)21/h3-4H,1-2,5-6H2. The van der Waals surface area contributed by atoms with Gasteiger partial charge in [0.25, 0.3) is 5.56 Å². The van der Waals surface area contributed by atoms with E-state index in [0.717, 1.165) is 0 Å². The minimum atomic E-state index is -2.64. The first-order valence-corrected chi connectivity index (χ1v) is 7.76. The van der Waals surface area contributed by atoms with E-state index in [1.807, 2.05) is 0 Å². The van der Waals surface area contributed by atoms with Gasteiger partial charge >= 0.3 is 0 Å². The van der Waals surface area contributed by atoms with Crippen molar-refractivity contribution >= 4 is 38.4 Å². The van der Waals surface area contributed by atoms with Crippen molar-refractivity contribution in [1.29, 1.82) is 0 Å². The highest BCUT2D eigenvalue weighted by Crippen LogP contribution is 2.57. The first-order chi connectivity index (χ1) is 9.81. The fourth-order valence-corrected chi connectivity index (χ4v) is 4.47. The third-order valence-electron chi connectivity index (χ3n) is 4.46. The molecule has 1 fully saturated rings. The molecule has 0 saturated heterocycles. The van der Waals surface area contributed by atoms with E-state index in [4.69, 9.17) is 11.6 Å². The van der Waals surface area contributed by atoms with Crippen LogP contribution in [0.1, 0.15) is 25.1 Å². The summed E-state index contributed by atoms with van der Waals surface area (Å²) >= 11 is 9.32. The van der Waals surface area contributed by atoms with Crippen molar-refractivity contribution in [2.45, 2.75) is 37.1 Å². The molecule has 0 N–H and O–H groups in total. The van der Waals surface area contributed by atoms with E-state index < -0.39 is 11.3 Å². The minimum Gasteiger partial charge on any atom is -0.296 e. The zero-order valence-corrected chi connectivity index (χ0v) is 13.1. The number of aromatic nitrogens is 2. The van der Waals surface area contributed by atoms with E-state index in [0.29, 0.717) is 39.2 Å². The Morgan fingerprint density at radius 3 is 2.71 bits per heavy atom. The number of benzene rings is 1. The third-order valence-corrected chi connectivity index (χ3v) is 5.28. The van der Waals surface area contributed by atoms with E-state index in [1.54, 1.807) is 12.1 Å². The van der Waals surface area contributed by atoms with Crippen molar-refractivity contribution in [3.8, 4) is 0 Å². The molecule has 1 spiro atoms. The second kappa shape index (κ2) is 4.04. The van der Waals surface area contributed by atoms with Gasteiger partial charge in [-0.05, 0) is 34.5 Å². The Morgan fingerprint density at radius 2 is 2.05 bits per heavy atom. The van der Waals surface area contributed by atoms with Crippen molar-refractivity contribution in [2.75, 3.05) is 0 Å². The third kappa shape index (κ3) is 1.81. The lowest BCUT2D eigenvalue weighted by Gasteiger charge is -2.43. The minimum absolute atomic E-state index is 0.203. The van der Waals surface area contributed by atoms with Crippen LogP contribution in [0.2, 0.25) is 5.02 Å². The van der Waals surface area contributed by atoms with Gasteiger partial charge < -0.3 is 0 Å². The van der Waals surface area contributed by atoms with Crippen LogP contribution in [0, 0.1) is 0 Å². The van der Waals surface area contributed by atoms with Crippen LogP contribution in [0.25, 0.3) is 10.9 Å². The Kier molecular flexibility index (Phi) is 2.63. The van der Waals surface area contributed by atoms with Crippen LogP contribution in [0.15, 0.2) is 21.4 Å². The number of rotatable bonds is 0. The number of alkyl halides is 2. The molecule has 2 aliphatic rings. The zero-order valence-electron chi connectivity index (χ0n) is 10.8. The molecule has 4 rings (SSSR count). The zero-order chi connectivity index (χ0) is 15.0. The molecule has 2 aromatic rings. The molecule has 1 aliphatic carbocycles. The second-order valence-corrected chi connectivity index (χ2v) is 7.21. The average molecular weight is 376 g/mol. The summed E-state index contributed by atoms with van der Waals surface area (Å²) in [6, 6.07) is 3.23. The van der Waals surface area contributed by atoms with E-state index in [-0.39, 0.29) is 18.4 Å². The number of hydrogen-bond acceptors (Lipinski definition) is 2. The van der Waals surface area contributed by atoms with Crippen LogP contribution >= 0.6 is 27.5 Å². The molecule has 0 bridgehead atoms. The summed E-state index contributed by atoms with van der Waals surface area (Å²) in [6.07, 6.45) is 0.110. The van der Waals surface area contributed by atoms with Crippen LogP contribution in [-0.4, -0.2) is 15.5 Å². The maximum Gasteiger partial charge on any atom is 0.261 e. The summed E-state index contributed by atoms with van der Waals surface area (Å²) in [7, 11) is 0. The van der Waals surface area contributed by atoms with Crippen molar-refractivity contribution in [2.24, 2.45) is 0 Å². The summed E-state index contributed by atoms with van der Waals surface area (Å²) < 4.78 is 28.8. The van der Waals surface area contributed by atoms with Crippen LogP contribution in [0.4, 0.5) is 8.78 Å². The van der Waals surface area contributed by atoms with Gasteiger partial charge in [0.1, 0.15) is 5.82 Å². The number of fused-ring (bicyclic) bond motifs is 3. The van der Waals surface area contributed by atoms with Gasteiger partial charge in [-0.1, -0.05) is 11.6 Å². The molecule has 0 unspecified atom stereocenters. The molecule has 0 radical (unpaired) electrons. The SMILES string of the molecule is O=c1c2cc(Cl)cc(Br)c2nc2n1CCC21CC(F)(F)C1. The van der Waals surface area contributed by atoms with E-state index in [1.165, 1.54) is 4.57 Å². The van der Waals surface area contributed by atoms with Gasteiger partial charge in [0, 0.05) is 34.3 Å². The monoisotopic (exact) mass is 374 g/mol.